The van der Waals surface area contributed by atoms with Crippen LogP contribution in [0.25, 0.3) is 0 Å². The van der Waals surface area contributed by atoms with Crippen LogP contribution in [0.1, 0.15) is 12.5 Å². The first-order valence-electron chi connectivity index (χ1n) is 5.69. The van der Waals surface area contributed by atoms with Gasteiger partial charge >= 0.3 is 0 Å². The molecule has 3 N–H and O–H groups in total. The van der Waals surface area contributed by atoms with Crippen LogP contribution in [0.3, 0.4) is 0 Å². The highest BCUT2D eigenvalue weighted by atomic mass is 16.5. The molecule has 1 rings (SSSR count). The fourth-order valence-corrected chi connectivity index (χ4v) is 1.38. The lowest BCUT2D eigenvalue weighted by Gasteiger charge is -2.25. The quantitative estimate of drug-likeness (QED) is 0.787. The summed E-state index contributed by atoms with van der Waals surface area (Å²) in [6, 6.07) is 5.60. The molecule has 5 heteroatoms. The van der Waals surface area contributed by atoms with E-state index in [0.29, 0.717) is 11.5 Å². The summed E-state index contributed by atoms with van der Waals surface area (Å²) in [4.78, 5) is 11.3. The molecule has 100 valence electrons. The van der Waals surface area contributed by atoms with Crippen LogP contribution in [-0.2, 0) is 4.79 Å². The first-order valence-corrected chi connectivity index (χ1v) is 5.69. The largest absolute Gasteiger partial charge is 0.493 e. The molecule has 0 saturated heterocycles. The fraction of sp³-hybridized carbons (Fsp3) is 0.462. The van der Waals surface area contributed by atoms with Crippen molar-refractivity contribution in [2.24, 2.45) is 5.73 Å². The van der Waals surface area contributed by atoms with Crippen molar-refractivity contribution in [3.63, 3.8) is 0 Å². The Morgan fingerprint density at radius 3 is 2.61 bits per heavy atom. The maximum atomic E-state index is 11.3. The van der Waals surface area contributed by atoms with Gasteiger partial charge in [-0.25, -0.2) is 0 Å². The van der Waals surface area contributed by atoms with Crippen molar-refractivity contribution in [2.75, 3.05) is 20.8 Å². The van der Waals surface area contributed by atoms with Crippen molar-refractivity contribution in [3.8, 4) is 11.5 Å². The third-order valence-electron chi connectivity index (χ3n) is 2.93. The van der Waals surface area contributed by atoms with Gasteiger partial charge < -0.3 is 20.5 Å². The topological polar surface area (TPSA) is 73.6 Å². The Morgan fingerprint density at radius 1 is 1.44 bits per heavy atom. The number of ether oxygens (including phenoxy) is 2. The second-order valence-corrected chi connectivity index (χ2v) is 4.39. The molecule has 18 heavy (non-hydrogen) atoms. The minimum absolute atomic E-state index is 0.137. The molecular weight excluding hydrogens is 232 g/mol. The van der Waals surface area contributed by atoms with Gasteiger partial charge in [-0.05, 0) is 38.6 Å². The van der Waals surface area contributed by atoms with E-state index < -0.39 is 11.4 Å². The second kappa shape index (κ2) is 5.73. The molecule has 0 aliphatic carbocycles. The Balaban J connectivity index is 2.83. The molecule has 1 atom stereocenters. The molecule has 0 aromatic heterocycles. The predicted molar refractivity (Wildman–Crippen MR) is 69.9 cm³/mol. The molecule has 0 spiro atoms. The maximum absolute atomic E-state index is 11.3. The van der Waals surface area contributed by atoms with Crippen molar-refractivity contribution < 1.29 is 14.3 Å². The zero-order valence-electron chi connectivity index (χ0n) is 11.2. The number of primary amides is 1. The van der Waals surface area contributed by atoms with Crippen LogP contribution in [0.15, 0.2) is 18.2 Å². The number of benzene rings is 1. The number of nitrogens with one attached hydrogen (secondary N) is 1. The van der Waals surface area contributed by atoms with E-state index in [2.05, 4.69) is 5.32 Å². The van der Waals surface area contributed by atoms with Gasteiger partial charge in [-0.3, -0.25) is 4.79 Å². The summed E-state index contributed by atoms with van der Waals surface area (Å²) in [5.74, 6) is 0.764. The highest BCUT2D eigenvalue weighted by molar-refractivity contribution is 5.84. The van der Waals surface area contributed by atoms with Crippen molar-refractivity contribution in [3.05, 3.63) is 23.8 Å². The summed E-state index contributed by atoms with van der Waals surface area (Å²) < 4.78 is 10.8. The van der Waals surface area contributed by atoms with E-state index >= 15 is 0 Å². The molecule has 0 bridgehead atoms. The number of likely N-dealkylation sites (N-methyl/N-ethyl adjacent to an activating group) is 1. The standard InChI is InChI=1S/C13H20N2O3/c1-9-5-6-10(11(7-9)17-4)18-8-13(2,15-3)12(14)16/h5-7,15H,8H2,1-4H3,(H2,14,16). The normalized spacial score (nSPS) is 13.8. The Hall–Kier alpha value is -1.75. The summed E-state index contributed by atoms with van der Waals surface area (Å²) in [5.41, 5.74) is 5.50. The van der Waals surface area contributed by atoms with Gasteiger partial charge in [0.05, 0.1) is 7.11 Å². The van der Waals surface area contributed by atoms with Crippen molar-refractivity contribution >= 4 is 5.91 Å². The molecule has 0 aliphatic heterocycles. The van der Waals surface area contributed by atoms with E-state index in [9.17, 15) is 4.79 Å². The number of hydrogen-bond donors (Lipinski definition) is 2. The van der Waals surface area contributed by atoms with Gasteiger partial charge in [-0.2, -0.15) is 0 Å². The molecule has 0 fully saturated rings. The number of rotatable bonds is 6. The molecule has 1 aromatic carbocycles. The average Bonchev–Trinajstić information content (AvgIpc) is 2.36. The fourth-order valence-electron chi connectivity index (χ4n) is 1.38. The lowest BCUT2D eigenvalue weighted by atomic mass is 10.0. The zero-order valence-corrected chi connectivity index (χ0v) is 11.2. The minimum atomic E-state index is -0.907. The molecule has 1 unspecified atom stereocenters. The summed E-state index contributed by atoms with van der Waals surface area (Å²) in [6.45, 7) is 3.79. The van der Waals surface area contributed by atoms with E-state index in [0.717, 1.165) is 5.56 Å². The molecule has 0 aliphatic rings. The van der Waals surface area contributed by atoms with Crippen LogP contribution in [0.5, 0.6) is 11.5 Å². The highest BCUT2D eigenvalue weighted by Gasteiger charge is 2.30. The summed E-state index contributed by atoms with van der Waals surface area (Å²) in [7, 11) is 3.24. The van der Waals surface area contributed by atoms with Gasteiger partial charge in [0.15, 0.2) is 11.5 Å². The third-order valence-corrected chi connectivity index (χ3v) is 2.93. The minimum Gasteiger partial charge on any atom is -0.493 e. The SMILES string of the molecule is CNC(C)(COc1ccc(C)cc1OC)C(N)=O. The van der Waals surface area contributed by atoms with Crippen molar-refractivity contribution in [1.29, 1.82) is 0 Å². The van der Waals surface area contributed by atoms with Gasteiger partial charge in [0.1, 0.15) is 12.1 Å². The Kier molecular flexibility index (Phi) is 4.55. The lowest BCUT2D eigenvalue weighted by molar-refractivity contribution is -0.124. The van der Waals surface area contributed by atoms with Crippen molar-refractivity contribution in [1.82, 2.24) is 5.32 Å². The zero-order chi connectivity index (χ0) is 13.8. The number of aryl methyl sites for hydroxylation is 1. The van der Waals surface area contributed by atoms with Crippen LogP contribution in [-0.4, -0.2) is 32.2 Å². The molecule has 1 amide bonds. The molecule has 5 nitrogen and oxygen atoms in total. The van der Waals surface area contributed by atoms with Crippen LogP contribution in [0.2, 0.25) is 0 Å². The summed E-state index contributed by atoms with van der Waals surface area (Å²) in [6.07, 6.45) is 0. The maximum Gasteiger partial charge on any atom is 0.240 e. The van der Waals surface area contributed by atoms with Crippen LogP contribution < -0.4 is 20.5 Å². The van der Waals surface area contributed by atoms with Crippen LogP contribution >= 0.6 is 0 Å². The second-order valence-electron chi connectivity index (χ2n) is 4.39. The van der Waals surface area contributed by atoms with Crippen LogP contribution in [0, 0.1) is 6.92 Å². The van der Waals surface area contributed by atoms with E-state index in [1.54, 1.807) is 21.1 Å². The lowest BCUT2D eigenvalue weighted by Crippen LogP contribution is -2.55. The number of nitrogens with two attached hydrogens (primary N) is 1. The van der Waals surface area contributed by atoms with Crippen molar-refractivity contribution in [2.45, 2.75) is 19.4 Å². The molecule has 0 heterocycles. The van der Waals surface area contributed by atoms with E-state index in [1.807, 2.05) is 25.1 Å². The van der Waals surface area contributed by atoms with Gasteiger partial charge in [0, 0.05) is 0 Å². The number of hydrogen-bond acceptors (Lipinski definition) is 4. The molecular formula is C13H20N2O3. The molecule has 0 radical (unpaired) electrons. The molecule has 1 aromatic rings. The Morgan fingerprint density at radius 2 is 2.11 bits per heavy atom. The predicted octanol–water partition coefficient (Wildman–Crippen LogP) is 0.846. The van der Waals surface area contributed by atoms with E-state index in [-0.39, 0.29) is 6.61 Å². The monoisotopic (exact) mass is 252 g/mol. The van der Waals surface area contributed by atoms with Gasteiger partial charge in [-0.1, -0.05) is 6.07 Å². The van der Waals surface area contributed by atoms with Gasteiger partial charge in [-0.15, -0.1) is 0 Å². The Bertz CT molecular complexity index is 434. The third kappa shape index (κ3) is 3.13. The highest BCUT2D eigenvalue weighted by Crippen LogP contribution is 2.28. The first kappa shape index (κ1) is 14.3. The summed E-state index contributed by atoms with van der Waals surface area (Å²) >= 11 is 0. The first-order chi connectivity index (χ1) is 8.42. The average molecular weight is 252 g/mol. The Labute approximate surface area is 107 Å². The number of methoxy groups -OCH3 is 1. The van der Waals surface area contributed by atoms with Gasteiger partial charge in [0.2, 0.25) is 5.91 Å². The smallest absolute Gasteiger partial charge is 0.240 e. The number of carbonyl (C=O) groups excluding carboxylic acids is 1. The number of amides is 1. The van der Waals surface area contributed by atoms with Crippen LogP contribution in [0.4, 0.5) is 0 Å². The summed E-state index contributed by atoms with van der Waals surface area (Å²) in [5, 5.41) is 2.86. The van der Waals surface area contributed by atoms with Gasteiger partial charge in [0.25, 0.3) is 0 Å². The molecule has 0 saturated carbocycles. The van der Waals surface area contributed by atoms with E-state index in [4.69, 9.17) is 15.2 Å². The number of carbonyl (C=O) groups is 1. The van der Waals surface area contributed by atoms with E-state index in [1.165, 1.54) is 0 Å².